The molecule has 18 heavy (non-hydrogen) atoms. The summed E-state index contributed by atoms with van der Waals surface area (Å²) in [6, 6.07) is 1.53. The lowest BCUT2D eigenvalue weighted by Crippen LogP contribution is -2.16. The van der Waals surface area contributed by atoms with Crippen LogP contribution in [0.15, 0.2) is 12.3 Å². The molecular weight excluding hydrogens is 230 g/mol. The minimum absolute atomic E-state index is 0.309. The Labute approximate surface area is 108 Å². The largest absolute Gasteiger partial charge is 0.465 e. The summed E-state index contributed by atoms with van der Waals surface area (Å²) < 4.78 is 4.73. The maximum absolute atomic E-state index is 11.6. The lowest BCUT2D eigenvalue weighted by Gasteiger charge is -2.16. The number of hydrogen-bond donors (Lipinski definition) is 2. The molecule has 1 aromatic heterocycles. The topological polar surface area (TPSA) is 77.2 Å². The number of nitrogen functional groups attached to an aromatic ring is 1. The summed E-state index contributed by atoms with van der Waals surface area (Å²) in [5, 5.41) is 3.24. The average molecular weight is 251 g/mol. The van der Waals surface area contributed by atoms with E-state index in [1.54, 1.807) is 6.20 Å². The fourth-order valence-electron chi connectivity index (χ4n) is 1.72. The van der Waals surface area contributed by atoms with Crippen LogP contribution in [-0.4, -0.2) is 24.6 Å². The van der Waals surface area contributed by atoms with Gasteiger partial charge in [0.2, 0.25) is 0 Å². The van der Waals surface area contributed by atoms with E-state index in [2.05, 4.69) is 24.1 Å². The third-order valence-electron chi connectivity index (χ3n) is 3.07. The summed E-state index contributed by atoms with van der Waals surface area (Å²) in [5.74, 6) is 0.479. The van der Waals surface area contributed by atoms with E-state index >= 15 is 0 Å². The van der Waals surface area contributed by atoms with Gasteiger partial charge in [-0.25, -0.2) is 9.78 Å². The molecule has 0 radical (unpaired) electrons. The summed E-state index contributed by atoms with van der Waals surface area (Å²) in [7, 11) is 1.35. The van der Waals surface area contributed by atoms with E-state index in [1.165, 1.54) is 13.2 Å². The van der Waals surface area contributed by atoms with Crippen LogP contribution >= 0.6 is 0 Å². The van der Waals surface area contributed by atoms with Crippen molar-refractivity contribution in [2.75, 3.05) is 24.7 Å². The van der Waals surface area contributed by atoms with E-state index in [0.717, 1.165) is 19.4 Å². The van der Waals surface area contributed by atoms with Crippen LogP contribution in [0.25, 0.3) is 0 Å². The highest BCUT2D eigenvalue weighted by molar-refractivity contribution is 5.96. The Morgan fingerprint density at radius 1 is 1.50 bits per heavy atom. The maximum atomic E-state index is 11.6. The predicted octanol–water partition coefficient (Wildman–Crippen LogP) is 2.30. The van der Waals surface area contributed by atoms with Gasteiger partial charge in [0, 0.05) is 6.54 Å². The maximum Gasteiger partial charge on any atom is 0.340 e. The molecule has 0 saturated heterocycles. The number of ether oxygens (including phenoxy) is 1. The minimum atomic E-state index is -0.406. The molecule has 0 aliphatic rings. The van der Waals surface area contributed by atoms with E-state index in [4.69, 9.17) is 10.5 Å². The van der Waals surface area contributed by atoms with Crippen LogP contribution in [0.3, 0.4) is 0 Å². The van der Waals surface area contributed by atoms with Crippen LogP contribution in [0.5, 0.6) is 0 Å². The molecule has 0 saturated carbocycles. The first-order valence-electron chi connectivity index (χ1n) is 6.20. The van der Waals surface area contributed by atoms with Gasteiger partial charge in [0.05, 0.1) is 24.6 Å². The van der Waals surface area contributed by atoms with Gasteiger partial charge < -0.3 is 15.8 Å². The Bertz CT molecular complexity index is 403. The second-order valence-corrected chi connectivity index (χ2v) is 4.21. The Hall–Kier alpha value is -1.78. The summed E-state index contributed by atoms with van der Waals surface area (Å²) in [6.07, 6.45) is 3.77. The van der Waals surface area contributed by atoms with Crippen molar-refractivity contribution < 1.29 is 9.53 Å². The van der Waals surface area contributed by atoms with Crippen LogP contribution in [0, 0.1) is 5.92 Å². The van der Waals surface area contributed by atoms with Gasteiger partial charge in [0.25, 0.3) is 0 Å². The number of pyridine rings is 1. The van der Waals surface area contributed by atoms with Gasteiger partial charge in [-0.1, -0.05) is 26.7 Å². The lowest BCUT2D eigenvalue weighted by atomic mass is 10.0. The first kappa shape index (κ1) is 14.3. The Morgan fingerprint density at radius 3 is 2.72 bits per heavy atom. The van der Waals surface area contributed by atoms with Crippen LogP contribution in [0.1, 0.15) is 37.0 Å². The molecule has 0 fully saturated rings. The highest BCUT2D eigenvalue weighted by Gasteiger charge is 2.13. The van der Waals surface area contributed by atoms with E-state index in [1.807, 2.05) is 0 Å². The second-order valence-electron chi connectivity index (χ2n) is 4.21. The van der Waals surface area contributed by atoms with Crippen molar-refractivity contribution in [3.05, 3.63) is 17.8 Å². The lowest BCUT2D eigenvalue weighted by molar-refractivity contribution is 0.0601. The first-order chi connectivity index (χ1) is 8.62. The normalized spacial score (nSPS) is 10.4. The SMILES string of the molecule is CCC(CC)CNc1cnc(N)cc1C(=O)OC. The number of nitrogens with zero attached hydrogens (tertiary/aromatic N) is 1. The molecule has 1 heterocycles. The third-order valence-corrected chi connectivity index (χ3v) is 3.07. The van der Waals surface area contributed by atoms with E-state index in [0.29, 0.717) is 23.0 Å². The molecule has 0 atom stereocenters. The van der Waals surface area contributed by atoms with Gasteiger partial charge in [0.15, 0.2) is 0 Å². The molecule has 100 valence electrons. The number of nitrogens with one attached hydrogen (secondary N) is 1. The summed E-state index contributed by atoms with van der Waals surface area (Å²) in [5.41, 5.74) is 6.68. The number of anilines is 2. The van der Waals surface area contributed by atoms with Crippen molar-refractivity contribution in [1.82, 2.24) is 4.98 Å². The molecule has 0 unspecified atom stereocenters. The first-order valence-corrected chi connectivity index (χ1v) is 6.20. The number of rotatable bonds is 6. The molecule has 0 aliphatic carbocycles. The summed E-state index contributed by atoms with van der Waals surface area (Å²) in [4.78, 5) is 15.6. The predicted molar refractivity (Wildman–Crippen MR) is 72.6 cm³/mol. The fourth-order valence-corrected chi connectivity index (χ4v) is 1.72. The van der Waals surface area contributed by atoms with Crippen LogP contribution < -0.4 is 11.1 Å². The third kappa shape index (κ3) is 3.61. The molecule has 5 heteroatoms. The smallest absolute Gasteiger partial charge is 0.340 e. The molecular formula is C13H21N3O2. The summed E-state index contributed by atoms with van der Waals surface area (Å²) in [6.45, 7) is 5.11. The number of hydrogen-bond acceptors (Lipinski definition) is 5. The van der Waals surface area contributed by atoms with Crippen molar-refractivity contribution in [3.8, 4) is 0 Å². The van der Waals surface area contributed by atoms with Gasteiger partial charge >= 0.3 is 5.97 Å². The standard InChI is InChI=1S/C13H21N3O2/c1-4-9(5-2)7-15-11-8-16-12(14)6-10(11)13(17)18-3/h6,8-9,15H,4-5,7H2,1-3H3,(H2,14,16). The highest BCUT2D eigenvalue weighted by Crippen LogP contribution is 2.19. The van der Waals surface area contributed by atoms with E-state index < -0.39 is 5.97 Å². The van der Waals surface area contributed by atoms with Crippen molar-refractivity contribution >= 4 is 17.5 Å². The zero-order valence-corrected chi connectivity index (χ0v) is 11.2. The summed E-state index contributed by atoms with van der Waals surface area (Å²) >= 11 is 0. The number of carbonyl (C=O) groups is 1. The van der Waals surface area contributed by atoms with Gasteiger partial charge in [-0.2, -0.15) is 0 Å². The Kier molecular flexibility index (Phi) is 5.42. The number of methoxy groups -OCH3 is 1. The molecule has 3 N–H and O–H groups in total. The number of nitrogens with two attached hydrogens (primary N) is 1. The average Bonchev–Trinajstić information content (AvgIpc) is 2.40. The molecule has 1 aromatic rings. The Morgan fingerprint density at radius 2 is 2.17 bits per heavy atom. The molecule has 0 aliphatic heterocycles. The monoisotopic (exact) mass is 251 g/mol. The van der Waals surface area contributed by atoms with E-state index in [-0.39, 0.29) is 0 Å². The molecule has 0 bridgehead atoms. The molecule has 5 nitrogen and oxygen atoms in total. The molecule has 1 rings (SSSR count). The van der Waals surface area contributed by atoms with Gasteiger partial charge in [0.1, 0.15) is 5.82 Å². The number of carbonyl (C=O) groups excluding carboxylic acids is 1. The van der Waals surface area contributed by atoms with Gasteiger partial charge in [-0.15, -0.1) is 0 Å². The molecule has 0 amide bonds. The zero-order valence-electron chi connectivity index (χ0n) is 11.2. The van der Waals surface area contributed by atoms with Crippen LogP contribution in [0.4, 0.5) is 11.5 Å². The molecule has 0 spiro atoms. The number of aromatic nitrogens is 1. The Balaban J connectivity index is 2.84. The minimum Gasteiger partial charge on any atom is -0.465 e. The van der Waals surface area contributed by atoms with Gasteiger partial charge in [-0.3, -0.25) is 0 Å². The van der Waals surface area contributed by atoms with Crippen molar-refractivity contribution in [3.63, 3.8) is 0 Å². The van der Waals surface area contributed by atoms with Crippen molar-refractivity contribution in [1.29, 1.82) is 0 Å². The van der Waals surface area contributed by atoms with E-state index in [9.17, 15) is 4.79 Å². The quantitative estimate of drug-likeness (QED) is 0.758. The highest BCUT2D eigenvalue weighted by atomic mass is 16.5. The van der Waals surface area contributed by atoms with Crippen molar-refractivity contribution in [2.24, 2.45) is 5.92 Å². The molecule has 0 aromatic carbocycles. The zero-order chi connectivity index (χ0) is 13.5. The number of esters is 1. The van der Waals surface area contributed by atoms with Crippen LogP contribution in [-0.2, 0) is 4.74 Å². The van der Waals surface area contributed by atoms with Crippen molar-refractivity contribution in [2.45, 2.75) is 26.7 Å². The fraction of sp³-hybridized carbons (Fsp3) is 0.538. The second kappa shape index (κ2) is 6.83. The van der Waals surface area contributed by atoms with Crippen LogP contribution in [0.2, 0.25) is 0 Å². The van der Waals surface area contributed by atoms with Gasteiger partial charge in [-0.05, 0) is 12.0 Å².